The Morgan fingerprint density at radius 2 is 1.72 bits per heavy atom. The predicted molar refractivity (Wildman–Crippen MR) is 127 cm³/mol. The van der Waals surface area contributed by atoms with Crippen molar-refractivity contribution < 1.29 is 9.59 Å². The Labute approximate surface area is 199 Å². The fraction of sp³-hybridized carbons (Fsp3) is 0.720. The van der Waals surface area contributed by atoms with Crippen molar-refractivity contribution in [2.45, 2.75) is 57.9 Å². The van der Waals surface area contributed by atoms with E-state index in [2.05, 4.69) is 36.4 Å². The minimum atomic E-state index is -0.177. The first kappa shape index (κ1) is 22.3. The average Bonchev–Trinajstić information content (AvgIpc) is 3.16. The lowest BCUT2D eigenvalue weighted by Gasteiger charge is -2.29. The van der Waals surface area contributed by atoms with Crippen LogP contribution < -0.4 is 10.6 Å². The number of rotatable bonds is 9. The second kappa shape index (κ2) is 9.41. The number of carbonyl (C=O) groups excluding carboxylic acids is 2. The van der Waals surface area contributed by atoms with Crippen molar-refractivity contribution >= 4 is 27.7 Å². The number of likely N-dealkylation sites (tertiary alicyclic amines) is 1. The van der Waals surface area contributed by atoms with Gasteiger partial charge in [0, 0.05) is 19.3 Å². The Balaban J connectivity index is 1.16. The molecule has 2 heterocycles. The highest BCUT2D eigenvalue weighted by Gasteiger charge is 2.71. The number of hydrogen-bond acceptors (Lipinski definition) is 4. The first-order valence-corrected chi connectivity index (χ1v) is 13.3. The van der Waals surface area contributed by atoms with Crippen LogP contribution in [0.4, 0.5) is 0 Å². The van der Waals surface area contributed by atoms with Crippen molar-refractivity contribution in [2.24, 2.45) is 29.1 Å². The summed E-state index contributed by atoms with van der Waals surface area (Å²) in [6.07, 6.45) is 11.2. The fourth-order valence-electron chi connectivity index (χ4n) is 6.98. The lowest BCUT2D eigenvalue weighted by molar-refractivity contribution is -0.137. The number of halogens is 1. The van der Waals surface area contributed by atoms with Crippen LogP contribution in [0.2, 0.25) is 0 Å². The first-order chi connectivity index (χ1) is 15.6. The number of aromatic nitrogens is 1. The molecule has 6 nitrogen and oxygen atoms in total. The molecule has 3 saturated carbocycles. The van der Waals surface area contributed by atoms with Crippen LogP contribution in [0.1, 0.15) is 56.9 Å². The van der Waals surface area contributed by atoms with Gasteiger partial charge in [-0.25, -0.2) is 4.98 Å². The SMILES string of the molecule is O=C(NCCCCN1CCCC1)[C@H]1[C@H](C(=O)NCc2ccc(Br)nc2)[C@@H]2CC[C@H]1C21CC1. The number of unbranched alkanes of at least 4 members (excludes halogenated alkanes) is 1. The largest absolute Gasteiger partial charge is 0.356 e. The Hall–Kier alpha value is -1.47. The summed E-state index contributed by atoms with van der Waals surface area (Å²) in [5.74, 6) is 0.612. The highest BCUT2D eigenvalue weighted by molar-refractivity contribution is 9.10. The molecule has 4 aliphatic rings. The van der Waals surface area contributed by atoms with E-state index in [0.717, 1.165) is 48.9 Å². The van der Waals surface area contributed by atoms with Crippen LogP contribution in [-0.2, 0) is 16.1 Å². The Kier molecular flexibility index (Phi) is 6.57. The predicted octanol–water partition coefficient (Wildman–Crippen LogP) is 3.50. The average molecular weight is 503 g/mol. The number of amides is 2. The van der Waals surface area contributed by atoms with E-state index in [9.17, 15) is 9.59 Å². The summed E-state index contributed by atoms with van der Waals surface area (Å²) in [5.41, 5.74) is 1.25. The van der Waals surface area contributed by atoms with E-state index in [0.29, 0.717) is 18.4 Å². The van der Waals surface area contributed by atoms with E-state index >= 15 is 0 Å². The fourth-order valence-corrected chi connectivity index (χ4v) is 7.21. The van der Waals surface area contributed by atoms with Crippen LogP contribution in [0.3, 0.4) is 0 Å². The van der Waals surface area contributed by atoms with Crippen LogP contribution in [0.15, 0.2) is 22.9 Å². The van der Waals surface area contributed by atoms with Crippen molar-refractivity contribution in [3.8, 4) is 0 Å². The maximum atomic E-state index is 13.3. The molecule has 4 atom stereocenters. The third-order valence-corrected chi connectivity index (χ3v) is 9.08. The van der Waals surface area contributed by atoms with Gasteiger partial charge in [0.15, 0.2) is 0 Å². The molecule has 7 heteroatoms. The van der Waals surface area contributed by atoms with Gasteiger partial charge in [0.2, 0.25) is 11.8 Å². The molecule has 0 radical (unpaired) electrons. The summed E-state index contributed by atoms with van der Waals surface area (Å²) in [7, 11) is 0. The topological polar surface area (TPSA) is 74.3 Å². The number of nitrogens with zero attached hydrogens (tertiary/aromatic N) is 2. The molecule has 4 fully saturated rings. The van der Waals surface area contributed by atoms with Crippen molar-refractivity contribution in [3.63, 3.8) is 0 Å². The van der Waals surface area contributed by atoms with E-state index < -0.39 is 0 Å². The number of carbonyl (C=O) groups is 2. The summed E-state index contributed by atoms with van der Waals surface area (Å²) in [6, 6.07) is 3.85. The van der Waals surface area contributed by atoms with Crippen LogP contribution in [0.5, 0.6) is 0 Å². The van der Waals surface area contributed by atoms with Crippen LogP contribution in [0, 0.1) is 29.1 Å². The Bertz CT molecular complexity index is 835. The maximum Gasteiger partial charge on any atom is 0.224 e. The summed E-state index contributed by atoms with van der Waals surface area (Å²) in [4.78, 5) is 33.3. The van der Waals surface area contributed by atoms with Gasteiger partial charge in [-0.3, -0.25) is 9.59 Å². The van der Waals surface area contributed by atoms with Gasteiger partial charge in [0.05, 0.1) is 11.8 Å². The maximum absolute atomic E-state index is 13.3. The molecule has 3 aliphatic carbocycles. The summed E-state index contributed by atoms with van der Waals surface area (Å²) in [6.45, 7) is 4.79. The molecule has 1 aromatic heterocycles. The van der Waals surface area contributed by atoms with Gasteiger partial charge >= 0.3 is 0 Å². The van der Waals surface area contributed by atoms with Gasteiger partial charge in [-0.2, -0.15) is 0 Å². The molecule has 0 aromatic carbocycles. The molecule has 2 N–H and O–H groups in total. The van der Waals surface area contributed by atoms with Gasteiger partial charge < -0.3 is 15.5 Å². The minimum Gasteiger partial charge on any atom is -0.356 e. The third-order valence-electron chi connectivity index (χ3n) is 8.61. The molecule has 1 spiro atoms. The Morgan fingerprint density at radius 1 is 1.03 bits per heavy atom. The van der Waals surface area contributed by atoms with Crippen molar-refractivity contribution in [1.82, 2.24) is 20.5 Å². The minimum absolute atomic E-state index is 0.0561. The smallest absolute Gasteiger partial charge is 0.224 e. The third kappa shape index (κ3) is 4.35. The van der Waals surface area contributed by atoms with Gasteiger partial charge in [-0.15, -0.1) is 0 Å². The number of nitrogens with one attached hydrogen (secondary N) is 2. The van der Waals surface area contributed by atoms with Crippen LogP contribution in [0.25, 0.3) is 0 Å². The normalized spacial score (nSPS) is 30.0. The van der Waals surface area contributed by atoms with E-state index in [1.807, 2.05) is 12.1 Å². The van der Waals surface area contributed by atoms with E-state index in [4.69, 9.17) is 0 Å². The van der Waals surface area contributed by atoms with Gasteiger partial charge in [0.25, 0.3) is 0 Å². The first-order valence-electron chi connectivity index (χ1n) is 12.5. The Morgan fingerprint density at radius 3 is 2.34 bits per heavy atom. The van der Waals surface area contributed by atoms with E-state index in [-0.39, 0.29) is 29.1 Å². The molecule has 0 unspecified atom stereocenters. The van der Waals surface area contributed by atoms with Crippen molar-refractivity contribution in [1.29, 1.82) is 0 Å². The summed E-state index contributed by atoms with van der Waals surface area (Å²) in [5, 5.41) is 6.34. The lowest BCUT2D eigenvalue weighted by atomic mass is 9.78. The molecule has 1 aliphatic heterocycles. The molecule has 1 saturated heterocycles. The standard InChI is InChI=1S/C25H35BrN4O2/c26-20-8-5-17(15-28-20)16-29-24(32)22-19-7-6-18(25(19)9-10-25)21(22)23(31)27-11-1-2-12-30-13-3-4-14-30/h5,8,15,18-19,21-22H,1-4,6-7,9-14,16H2,(H,27,31)(H,29,32)/t18-,19+,21-,22-/m1/s1. The lowest BCUT2D eigenvalue weighted by Crippen LogP contribution is -2.45. The molecule has 2 amide bonds. The molecule has 2 bridgehead atoms. The van der Waals surface area contributed by atoms with Gasteiger partial charge in [-0.05, 0) is 116 Å². The molecule has 5 rings (SSSR count). The molecular weight excluding hydrogens is 468 g/mol. The highest BCUT2D eigenvalue weighted by Crippen LogP contribution is 2.74. The molecule has 1 aromatic rings. The van der Waals surface area contributed by atoms with Crippen molar-refractivity contribution in [2.75, 3.05) is 26.2 Å². The van der Waals surface area contributed by atoms with Gasteiger partial charge in [0.1, 0.15) is 4.60 Å². The second-order valence-corrected chi connectivity index (χ2v) is 11.1. The van der Waals surface area contributed by atoms with Crippen LogP contribution in [-0.4, -0.2) is 47.9 Å². The van der Waals surface area contributed by atoms with Gasteiger partial charge in [-0.1, -0.05) is 6.07 Å². The second-order valence-electron chi connectivity index (χ2n) is 10.3. The quantitative estimate of drug-likeness (QED) is 0.400. The zero-order valence-corrected chi connectivity index (χ0v) is 20.4. The molecule has 174 valence electrons. The highest BCUT2D eigenvalue weighted by atomic mass is 79.9. The zero-order valence-electron chi connectivity index (χ0n) is 18.8. The molecule has 32 heavy (non-hydrogen) atoms. The zero-order chi connectivity index (χ0) is 22.1. The number of pyridine rings is 1. The summed E-state index contributed by atoms with van der Waals surface area (Å²) >= 11 is 3.35. The van der Waals surface area contributed by atoms with E-state index in [1.54, 1.807) is 6.20 Å². The number of hydrogen-bond donors (Lipinski definition) is 2. The summed E-state index contributed by atoms with van der Waals surface area (Å²) < 4.78 is 0.786. The van der Waals surface area contributed by atoms with E-state index in [1.165, 1.54) is 38.8 Å². The molecular formula is C25H35BrN4O2. The van der Waals surface area contributed by atoms with Crippen molar-refractivity contribution in [3.05, 3.63) is 28.5 Å². The monoisotopic (exact) mass is 502 g/mol. The van der Waals surface area contributed by atoms with Crippen LogP contribution >= 0.6 is 15.9 Å².